The molecule has 0 bridgehead atoms. The van der Waals surface area contributed by atoms with Crippen LogP contribution in [0.15, 0.2) is 15.9 Å². The minimum Gasteiger partial charge on any atom is -0.460 e. The molecule has 0 spiro atoms. The van der Waals surface area contributed by atoms with Gasteiger partial charge in [0.2, 0.25) is 0 Å². The summed E-state index contributed by atoms with van der Waals surface area (Å²) in [5, 5.41) is 3.12. The lowest BCUT2D eigenvalue weighted by molar-refractivity contribution is -0.155. The zero-order valence-electron chi connectivity index (χ0n) is 13.5. The van der Waals surface area contributed by atoms with Gasteiger partial charge in [0.15, 0.2) is 9.84 Å². The van der Waals surface area contributed by atoms with Crippen LogP contribution in [0.4, 0.5) is 0 Å². The molecule has 8 heteroatoms. The van der Waals surface area contributed by atoms with Crippen LogP contribution in [-0.2, 0) is 24.1 Å². The molecule has 1 atom stereocenters. The minimum atomic E-state index is -3.49. The van der Waals surface area contributed by atoms with Gasteiger partial charge in [0.05, 0.1) is 16.0 Å². The molecule has 1 aromatic rings. The highest BCUT2D eigenvalue weighted by Gasteiger charge is 2.49. The Labute approximate surface area is 149 Å². The molecule has 2 heterocycles. The van der Waals surface area contributed by atoms with Crippen LogP contribution < -0.4 is 5.32 Å². The number of ether oxygens (including phenoxy) is 1. The second kappa shape index (κ2) is 6.82. The smallest absolute Gasteiger partial charge is 0.308 e. The molecule has 0 amide bonds. The lowest BCUT2D eigenvalue weighted by atomic mass is 9.98. The summed E-state index contributed by atoms with van der Waals surface area (Å²) in [7, 11) is -3.49. The maximum absolute atomic E-state index is 13.0. The Morgan fingerprint density at radius 3 is 2.65 bits per heavy atom. The highest BCUT2D eigenvalue weighted by atomic mass is 79.9. The molecule has 1 aliphatic rings. The van der Waals surface area contributed by atoms with Gasteiger partial charge < -0.3 is 10.1 Å². The number of hydrogen-bond acceptors (Lipinski definition) is 6. The van der Waals surface area contributed by atoms with Gasteiger partial charge in [-0.25, -0.2) is 8.42 Å². The Morgan fingerprint density at radius 1 is 1.39 bits per heavy atom. The average molecular weight is 424 g/mol. The molecule has 1 aromatic heterocycles. The molecule has 2 rings (SSSR count). The molecule has 23 heavy (non-hydrogen) atoms. The number of carbonyl (C=O) groups excluding carboxylic acids is 1. The van der Waals surface area contributed by atoms with Crippen LogP contribution in [0.1, 0.15) is 38.5 Å². The van der Waals surface area contributed by atoms with E-state index in [4.69, 9.17) is 4.74 Å². The van der Waals surface area contributed by atoms with Gasteiger partial charge >= 0.3 is 5.97 Å². The molecule has 0 saturated carbocycles. The topological polar surface area (TPSA) is 72.5 Å². The van der Waals surface area contributed by atoms with E-state index in [1.165, 1.54) is 11.3 Å². The zero-order chi connectivity index (χ0) is 17.3. The molecule has 0 aliphatic carbocycles. The number of rotatable bonds is 3. The van der Waals surface area contributed by atoms with Crippen molar-refractivity contribution in [2.45, 2.75) is 44.0 Å². The number of sulfone groups is 1. The van der Waals surface area contributed by atoms with Gasteiger partial charge in [-0.1, -0.05) is 0 Å². The maximum Gasteiger partial charge on any atom is 0.308 e. The van der Waals surface area contributed by atoms with E-state index in [1.807, 2.05) is 6.07 Å². The van der Waals surface area contributed by atoms with Crippen molar-refractivity contribution in [1.82, 2.24) is 5.32 Å². The molecule has 1 saturated heterocycles. The Kier molecular flexibility index (Phi) is 5.60. The average Bonchev–Trinajstić information content (AvgIpc) is 2.75. The molecule has 1 fully saturated rings. The summed E-state index contributed by atoms with van der Waals surface area (Å²) in [5.74, 6) is -0.460. The summed E-state index contributed by atoms with van der Waals surface area (Å²) in [6.45, 7) is 6.30. The summed E-state index contributed by atoms with van der Waals surface area (Å²) >= 11 is 4.75. The van der Waals surface area contributed by atoms with Crippen molar-refractivity contribution in [1.29, 1.82) is 0 Å². The summed E-state index contributed by atoms with van der Waals surface area (Å²) in [6.07, 6.45) is 0.211. The molecule has 130 valence electrons. The van der Waals surface area contributed by atoms with Crippen LogP contribution in [0, 0.1) is 0 Å². The first-order chi connectivity index (χ1) is 10.6. The lowest BCUT2D eigenvalue weighted by Crippen LogP contribution is -2.40. The standard InChI is InChI=1S/C15H22BrNO4S2/c1-14(2,3)21-13(18)10-15(11-4-5-12(16)22-11)6-7-17-8-9-23(15,19)20/h4-5,17H,6-10H2,1-3H3/t15-/m0/s1. The van der Waals surface area contributed by atoms with Gasteiger partial charge in [-0.05, 0) is 61.8 Å². The van der Waals surface area contributed by atoms with E-state index in [0.29, 0.717) is 24.4 Å². The van der Waals surface area contributed by atoms with Crippen molar-refractivity contribution in [3.05, 3.63) is 20.8 Å². The second-order valence-corrected chi connectivity index (χ2v) is 11.6. The van der Waals surface area contributed by atoms with E-state index < -0.39 is 26.2 Å². The predicted octanol–water partition coefficient (Wildman–Crippen LogP) is 2.85. The van der Waals surface area contributed by atoms with Crippen molar-refractivity contribution in [3.63, 3.8) is 0 Å². The Bertz CT molecular complexity index is 678. The fourth-order valence-corrected chi connectivity index (χ4v) is 6.64. The normalized spacial score (nSPS) is 24.9. The number of nitrogens with one attached hydrogen (secondary N) is 1. The minimum absolute atomic E-state index is 0.0192. The van der Waals surface area contributed by atoms with E-state index in [-0.39, 0.29) is 12.2 Å². The van der Waals surface area contributed by atoms with E-state index in [1.54, 1.807) is 26.8 Å². The van der Waals surface area contributed by atoms with Crippen molar-refractivity contribution in [3.8, 4) is 0 Å². The van der Waals surface area contributed by atoms with Crippen molar-refractivity contribution < 1.29 is 17.9 Å². The van der Waals surface area contributed by atoms with Crippen LogP contribution in [0.5, 0.6) is 0 Å². The van der Waals surface area contributed by atoms with Crippen molar-refractivity contribution in [2.24, 2.45) is 0 Å². The Balaban J connectivity index is 2.45. The van der Waals surface area contributed by atoms with Crippen LogP contribution in [0.2, 0.25) is 0 Å². The van der Waals surface area contributed by atoms with Crippen molar-refractivity contribution >= 4 is 43.1 Å². The van der Waals surface area contributed by atoms with Gasteiger partial charge in [0.1, 0.15) is 10.3 Å². The van der Waals surface area contributed by atoms with Crippen LogP contribution in [-0.4, -0.2) is 38.8 Å². The predicted molar refractivity (Wildman–Crippen MR) is 95.4 cm³/mol. The summed E-state index contributed by atoms with van der Waals surface area (Å²) < 4.78 is 31.0. The number of esters is 1. The first-order valence-electron chi connectivity index (χ1n) is 7.46. The van der Waals surface area contributed by atoms with Crippen molar-refractivity contribution in [2.75, 3.05) is 18.8 Å². The molecule has 1 aliphatic heterocycles. The highest BCUT2D eigenvalue weighted by molar-refractivity contribution is 9.11. The summed E-state index contributed by atoms with van der Waals surface area (Å²) in [5.41, 5.74) is -0.638. The largest absolute Gasteiger partial charge is 0.460 e. The van der Waals surface area contributed by atoms with Gasteiger partial charge in [0.25, 0.3) is 0 Å². The fourth-order valence-electron chi connectivity index (χ4n) is 2.70. The third-order valence-electron chi connectivity index (χ3n) is 3.72. The zero-order valence-corrected chi connectivity index (χ0v) is 16.7. The van der Waals surface area contributed by atoms with Crippen LogP contribution in [0.3, 0.4) is 0 Å². The third kappa shape index (κ3) is 4.35. The van der Waals surface area contributed by atoms with E-state index >= 15 is 0 Å². The molecule has 0 unspecified atom stereocenters. The molecule has 1 N–H and O–H groups in total. The van der Waals surface area contributed by atoms with E-state index in [0.717, 1.165) is 3.79 Å². The molecular weight excluding hydrogens is 402 g/mol. The number of halogens is 1. The fraction of sp³-hybridized carbons (Fsp3) is 0.667. The van der Waals surface area contributed by atoms with Crippen LogP contribution in [0.25, 0.3) is 0 Å². The van der Waals surface area contributed by atoms with E-state index in [9.17, 15) is 13.2 Å². The lowest BCUT2D eigenvalue weighted by Gasteiger charge is -2.31. The monoisotopic (exact) mass is 423 g/mol. The SMILES string of the molecule is CC(C)(C)OC(=O)C[C@]1(c2ccc(Br)s2)CCNCCS1(=O)=O. The Morgan fingerprint density at radius 2 is 2.09 bits per heavy atom. The summed E-state index contributed by atoms with van der Waals surface area (Å²) in [6, 6.07) is 3.62. The number of hydrogen-bond donors (Lipinski definition) is 1. The molecule has 5 nitrogen and oxygen atoms in total. The highest BCUT2D eigenvalue weighted by Crippen LogP contribution is 2.44. The molecular formula is C15H22BrNO4S2. The third-order valence-corrected chi connectivity index (χ3v) is 8.18. The van der Waals surface area contributed by atoms with Crippen LogP contribution >= 0.6 is 27.3 Å². The molecule has 0 aromatic carbocycles. The Hall–Kier alpha value is -0.440. The first kappa shape index (κ1) is 18.9. The molecule has 0 radical (unpaired) electrons. The maximum atomic E-state index is 13.0. The van der Waals surface area contributed by atoms with Gasteiger partial charge in [-0.15, -0.1) is 11.3 Å². The quantitative estimate of drug-likeness (QED) is 0.756. The number of carbonyl (C=O) groups is 1. The van der Waals surface area contributed by atoms with E-state index in [2.05, 4.69) is 21.2 Å². The first-order valence-corrected chi connectivity index (χ1v) is 10.7. The van der Waals surface area contributed by atoms with Gasteiger partial charge in [0, 0.05) is 11.4 Å². The second-order valence-electron chi connectivity index (χ2n) is 6.68. The van der Waals surface area contributed by atoms with Gasteiger partial charge in [-0.2, -0.15) is 0 Å². The number of thiophene rings is 1. The summed E-state index contributed by atoms with van der Waals surface area (Å²) in [4.78, 5) is 13.1. The van der Waals surface area contributed by atoms with Gasteiger partial charge in [-0.3, -0.25) is 4.79 Å².